The van der Waals surface area contributed by atoms with E-state index in [0.29, 0.717) is 6.04 Å². The van der Waals surface area contributed by atoms with Crippen LogP contribution in [0.5, 0.6) is 0 Å². The number of aromatic nitrogens is 2. The molecule has 0 aliphatic heterocycles. The highest BCUT2D eigenvalue weighted by Crippen LogP contribution is 2.36. The standard InChI is InChI=1S/C11H17N3/c1-3-4-9-6-10(9)13-11-5-8(2)7-12-14-11/h5,7,9-10H,3-4,6H2,1-2H3,(H,13,14). The van der Waals surface area contributed by atoms with Gasteiger partial charge < -0.3 is 5.32 Å². The summed E-state index contributed by atoms with van der Waals surface area (Å²) in [7, 11) is 0. The summed E-state index contributed by atoms with van der Waals surface area (Å²) in [5.74, 6) is 1.79. The monoisotopic (exact) mass is 191 g/mol. The second-order valence-electron chi connectivity index (χ2n) is 4.15. The van der Waals surface area contributed by atoms with Gasteiger partial charge in [-0.25, -0.2) is 0 Å². The minimum atomic E-state index is 0.644. The fraction of sp³-hybridized carbons (Fsp3) is 0.636. The van der Waals surface area contributed by atoms with Gasteiger partial charge in [0.1, 0.15) is 5.82 Å². The van der Waals surface area contributed by atoms with E-state index in [0.717, 1.165) is 17.3 Å². The Bertz CT molecular complexity index is 311. The van der Waals surface area contributed by atoms with Gasteiger partial charge in [0.15, 0.2) is 0 Å². The van der Waals surface area contributed by atoms with Crippen molar-refractivity contribution in [3.8, 4) is 0 Å². The molecule has 3 heteroatoms. The van der Waals surface area contributed by atoms with Crippen LogP contribution in [0.15, 0.2) is 12.3 Å². The van der Waals surface area contributed by atoms with E-state index < -0.39 is 0 Å². The van der Waals surface area contributed by atoms with Crippen LogP contribution in [-0.4, -0.2) is 16.2 Å². The van der Waals surface area contributed by atoms with E-state index >= 15 is 0 Å². The molecule has 0 bridgehead atoms. The molecule has 2 atom stereocenters. The minimum Gasteiger partial charge on any atom is -0.366 e. The van der Waals surface area contributed by atoms with Crippen molar-refractivity contribution in [3.05, 3.63) is 17.8 Å². The highest BCUT2D eigenvalue weighted by atomic mass is 15.2. The summed E-state index contributed by atoms with van der Waals surface area (Å²) in [5.41, 5.74) is 1.16. The second kappa shape index (κ2) is 3.95. The zero-order valence-corrected chi connectivity index (χ0v) is 8.83. The van der Waals surface area contributed by atoms with Gasteiger partial charge >= 0.3 is 0 Å². The van der Waals surface area contributed by atoms with Crippen molar-refractivity contribution in [1.82, 2.24) is 10.2 Å². The van der Waals surface area contributed by atoms with Crippen LogP contribution in [0.1, 0.15) is 31.7 Å². The van der Waals surface area contributed by atoms with Crippen molar-refractivity contribution in [2.45, 2.75) is 39.2 Å². The molecule has 1 aromatic rings. The van der Waals surface area contributed by atoms with Gasteiger partial charge in [0.05, 0.1) is 6.20 Å². The first-order valence-electron chi connectivity index (χ1n) is 5.35. The van der Waals surface area contributed by atoms with E-state index in [4.69, 9.17) is 0 Å². The number of nitrogens with zero attached hydrogens (tertiary/aromatic N) is 2. The Morgan fingerprint density at radius 3 is 3.14 bits per heavy atom. The summed E-state index contributed by atoms with van der Waals surface area (Å²) in [4.78, 5) is 0. The largest absolute Gasteiger partial charge is 0.366 e. The summed E-state index contributed by atoms with van der Waals surface area (Å²) in [6.07, 6.45) is 5.68. The Hall–Kier alpha value is -1.12. The van der Waals surface area contributed by atoms with Crippen molar-refractivity contribution < 1.29 is 0 Å². The van der Waals surface area contributed by atoms with Crippen molar-refractivity contribution in [3.63, 3.8) is 0 Å². The zero-order chi connectivity index (χ0) is 9.97. The molecule has 2 unspecified atom stereocenters. The first-order valence-corrected chi connectivity index (χ1v) is 5.35. The average molecular weight is 191 g/mol. The summed E-state index contributed by atoms with van der Waals surface area (Å²) < 4.78 is 0. The van der Waals surface area contributed by atoms with Crippen LogP contribution in [-0.2, 0) is 0 Å². The first-order chi connectivity index (χ1) is 6.79. The summed E-state index contributed by atoms with van der Waals surface area (Å²) in [6, 6.07) is 2.69. The molecule has 1 fully saturated rings. The molecule has 14 heavy (non-hydrogen) atoms. The third-order valence-electron chi connectivity index (χ3n) is 2.71. The van der Waals surface area contributed by atoms with E-state index in [1.165, 1.54) is 19.3 Å². The maximum Gasteiger partial charge on any atom is 0.149 e. The van der Waals surface area contributed by atoms with E-state index in [9.17, 15) is 0 Å². The van der Waals surface area contributed by atoms with Crippen LogP contribution in [0.2, 0.25) is 0 Å². The van der Waals surface area contributed by atoms with Crippen LogP contribution >= 0.6 is 0 Å². The number of hydrogen-bond acceptors (Lipinski definition) is 3. The third kappa shape index (κ3) is 2.22. The molecule has 0 aromatic carbocycles. The van der Waals surface area contributed by atoms with Gasteiger partial charge in [-0.2, -0.15) is 5.10 Å². The second-order valence-corrected chi connectivity index (χ2v) is 4.15. The molecule has 1 aliphatic rings. The maximum absolute atomic E-state index is 4.05. The highest BCUT2D eigenvalue weighted by molar-refractivity contribution is 5.38. The van der Waals surface area contributed by atoms with Gasteiger partial charge in [-0.15, -0.1) is 5.10 Å². The van der Waals surface area contributed by atoms with Crippen LogP contribution in [0.3, 0.4) is 0 Å². The lowest BCUT2D eigenvalue weighted by Crippen LogP contribution is -2.06. The normalized spacial score (nSPS) is 24.7. The predicted molar refractivity (Wildman–Crippen MR) is 57.2 cm³/mol. The van der Waals surface area contributed by atoms with Crippen LogP contribution in [0, 0.1) is 12.8 Å². The van der Waals surface area contributed by atoms with E-state index in [-0.39, 0.29) is 0 Å². The van der Waals surface area contributed by atoms with Crippen molar-refractivity contribution in [1.29, 1.82) is 0 Å². The fourth-order valence-electron chi connectivity index (χ4n) is 1.84. The SMILES string of the molecule is CCCC1CC1Nc1cc(C)cnn1. The lowest BCUT2D eigenvalue weighted by Gasteiger charge is -2.03. The molecular formula is C11H17N3. The van der Waals surface area contributed by atoms with Gasteiger partial charge in [0.2, 0.25) is 0 Å². The van der Waals surface area contributed by atoms with Crippen molar-refractivity contribution >= 4 is 5.82 Å². The fourth-order valence-corrected chi connectivity index (χ4v) is 1.84. The Morgan fingerprint density at radius 2 is 2.43 bits per heavy atom. The maximum atomic E-state index is 4.05. The average Bonchev–Trinajstić information content (AvgIpc) is 2.84. The zero-order valence-electron chi connectivity index (χ0n) is 8.83. The molecule has 1 aromatic heterocycles. The van der Waals surface area contributed by atoms with Gasteiger partial charge in [-0.05, 0) is 37.3 Å². The number of anilines is 1. The summed E-state index contributed by atoms with van der Waals surface area (Å²) in [5, 5.41) is 11.4. The molecule has 0 saturated heterocycles. The van der Waals surface area contributed by atoms with Crippen molar-refractivity contribution in [2.24, 2.45) is 5.92 Å². The summed E-state index contributed by atoms with van der Waals surface area (Å²) >= 11 is 0. The minimum absolute atomic E-state index is 0.644. The topological polar surface area (TPSA) is 37.8 Å². The smallest absolute Gasteiger partial charge is 0.149 e. The lowest BCUT2D eigenvalue weighted by molar-refractivity contribution is 0.691. The molecule has 0 amide bonds. The molecule has 1 saturated carbocycles. The Labute approximate surface area is 84.9 Å². The van der Waals surface area contributed by atoms with Gasteiger partial charge in [-0.1, -0.05) is 13.3 Å². The number of rotatable bonds is 4. The molecular weight excluding hydrogens is 174 g/mol. The van der Waals surface area contributed by atoms with Crippen LogP contribution in [0.25, 0.3) is 0 Å². The molecule has 76 valence electrons. The van der Waals surface area contributed by atoms with Crippen molar-refractivity contribution in [2.75, 3.05) is 5.32 Å². The van der Waals surface area contributed by atoms with E-state index in [2.05, 4.69) is 22.4 Å². The number of hydrogen-bond donors (Lipinski definition) is 1. The quantitative estimate of drug-likeness (QED) is 0.794. The summed E-state index contributed by atoms with van der Waals surface area (Å²) in [6.45, 7) is 4.28. The van der Waals surface area contributed by atoms with Gasteiger partial charge in [0.25, 0.3) is 0 Å². The van der Waals surface area contributed by atoms with Crippen LogP contribution in [0.4, 0.5) is 5.82 Å². The molecule has 1 aliphatic carbocycles. The Balaban J connectivity index is 1.87. The lowest BCUT2D eigenvalue weighted by atomic mass is 10.2. The van der Waals surface area contributed by atoms with Gasteiger partial charge in [-0.3, -0.25) is 0 Å². The Kier molecular flexibility index (Phi) is 2.66. The molecule has 0 radical (unpaired) electrons. The van der Waals surface area contributed by atoms with Crippen LogP contribution < -0.4 is 5.32 Å². The number of aryl methyl sites for hydroxylation is 1. The molecule has 3 nitrogen and oxygen atoms in total. The van der Waals surface area contributed by atoms with Gasteiger partial charge in [0, 0.05) is 6.04 Å². The molecule has 2 rings (SSSR count). The first kappa shape index (κ1) is 9.44. The number of nitrogens with one attached hydrogen (secondary N) is 1. The van der Waals surface area contributed by atoms with E-state index in [1.54, 1.807) is 6.20 Å². The Morgan fingerprint density at radius 1 is 1.57 bits per heavy atom. The molecule has 0 spiro atoms. The molecule has 1 heterocycles. The highest BCUT2D eigenvalue weighted by Gasteiger charge is 2.36. The van der Waals surface area contributed by atoms with E-state index in [1.807, 2.05) is 13.0 Å². The molecule has 1 N–H and O–H groups in total. The predicted octanol–water partition coefficient (Wildman–Crippen LogP) is 2.39. The third-order valence-corrected chi connectivity index (χ3v) is 2.71.